The summed E-state index contributed by atoms with van der Waals surface area (Å²) >= 11 is 0. The predicted octanol–water partition coefficient (Wildman–Crippen LogP) is 1.36. The number of imide groups is 1. The highest BCUT2D eigenvalue weighted by Crippen LogP contribution is 2.28. The van der Waals surface area contributed by atoms with Gasteiger partial charge < -0.3 is 25.2 Å². The van der Waals surface area contributed by atoms with Crippen molar-refractivity contribution < 1.29 is 29.0 Å². The van der Waals surface area contributed by atoms with Gasteiger partial charge in [0.05, 0.1) is 39.8 Å². The van der Waals surface area contributed by atoms with Crippen LogP contribution in [-0.2, 0) is 16.1 Å². The van der Waals surface area contributed by atoms with Crippen LogP contribution >= 0.6 is 0 Å². The lowest BCUT2D eigenvalue weighted by atomic mass is 10.1. The normalized spacial score (nSPS) is 16.6. The molecule has 9 heteroatoms. The monoisotopic (exact) mass is 427 g/mol. The Labute approximate surface area is 179 Å². The second-order valence-electron chi connectivity index (χ2n) is 7.03. The van der Waals surface area contributed by atoms with Crippen molar-refractivity contribution in [3.05, 3.63) is 59.7 Å². The van der Waals surface area contributed by atoms with Crippen LogP contribution in [0.2, 0.25) is 0 Å². The van der Waals surface area contributed by atoms with Gasteiger partial charge in [0.15, 0.2) is 11.5 Å². The summed E-state index contributed by atoms with van der Waals surface area (Å²) in [7, 11) is 3.02. The molecule has 1 aliphatic heterocycles. The molecule has 2 aromatic carbocycles. The van der Waals surface area contributed by atoms with Gasteiger partial charge in [0.25, 0.3) is 5.91 Å². The van der Waals surface area contributed by atoms with E-state index < -0.39 is 29.9 Å². The SMILES string of the molecule is COc1ccc(CN2C(=O)NC(CC(=O)N[C@H](CO)c3ccccc3)C2=O)cc1OC. The first-order valence-electron chi connectivity index (χ1n) is 9.74. The molecular formula is C22H25N3O6. The van der Waals surface area contributed by atoms with Crippen molar-refractivity contribution in [3.8, 4) is 11.5 Å². The van der Waals surface area contributed by atoms with Gasteiger partial charge in [-0.2, -0.15) is 0 Å². The van der Waals surface area contributed by atoms with Crippen molar-refractivity contribution in [2.45, 2.75) is 25.0 Å². The number of ether oxygens (including phenoxy) is 2. The Hall–Kier alpha value is -3.59. The highest BCUT2D eigenvalue weighted by Gasteiger charge is 2.39. The van der Waals surface area contributed by atoms with E-state index in [1.807, 2.05) is 6.07 Å². The minimum absolute atomic E-state index is 0.0341. The number of carbonyl (C=O) groups excluding carboxylic acids is 3. The van der Waals surface area contributed by atoms with Crippen LogP contribution < -0.4 is 20.1 Å². The Morgan fingerprint density at radius 3 is 2.48 bits per heavy atom. The molecular weight excluding hydrogens is 402 g/mol. The van der Waals surface area contributed by atoms with E-state index in [0.29, 0.717) is 17.1 Å². The highest BCUT2D eigenvalue weighted by atomic mass is 16.5. The maximum Gasteiger partial charge on any atom is 0.325 e. The van der Waals surface area contributed by atoms with Gasteiger partial charge in [-0.05, 0) is 23.3 Å². The first kappa shape index (κ1) is 22.1. The zero-order valence-electron chi connectivity index (χ0n) is 17.3. The minimum Gasteiger partial charge on any atom is -0.493 e. The summed E-state index contributed by atoms with van der Waals surface area (Å²) < 4.78 is 10.4. The van der Waals surface area contributed by atoms with Crippen molar-refractivity contribution in [1.29, 1.82) is 0 Å². The third kappa shape index (κ3) is 5.13. The lowest BCUT2D eigenvalue weighted by Crippen LogP contribution is -2.38. The molecule has 9 nitrogen and oxygen atoms in total. The molecule has 4 amide bonds. The average Bonchev–Trinajstić information content (AvgIpc) is 3.05. The highest BCUT2D eigenvalue weighted by molar-refractivity contribution is 6.05. The average molecular weight is 427 g/mol. The van der Waals surface area contributed by atoms with Crippen LogP contribution in [0, 0.1) is 0 Å². The lowest BCUT2D eigenvalue weighted by Gasteiger charge is -2.18. The largest absolute Gasteiger partial charge is 0.493 e. The number of carbonyl (C=O) groups is 3. The zero-order valence-corrected chi connectivity index (χ0v) is 17.3. The van der Waals surface area contributed by atoms with Gasteiger partial charge in [0, 0.05) is 0 Å². The van der Waals surface area contributed by atoms with E-state index in [-0.39, 0.29) is 19.6 Å². The number of benzene rings is 2. The van der Waals surface area contributed by atoms with E-state index in [1.165, 1.54) is 14.2 Å². The zero-order chi connectivity index (χ0) is 22.4. The fourth-order valence-electron chi connectivity index (χ4n) is 3.38. The number of rotatable bonds is 9. The van der Waals surface area contributed by atoms with Gasteiger partial charge in [0.2, 0.25) is 5.91 Å². The molecule has 0 bridgehead atoms. The Morgan fingerprint density at radius 1 is 1.13 bits per heavy atom. The van der Waals surface area contributed by atoms with E-state index in [4.69, 9.17) is 9.47 Å². The quantitative estimate of drug-likeness (QED) is 0.521. The van der Waals surface area contributed by atoms with Crippen LogP contribution in [0.15, 0.2) is 48.5 Å². The van der Waals surface area contributed by atoms with Crippen molar-refractivity contribution >= 4 is 17.8 Å². The van der Waals surface area contributed by atoms with Crippen LogP contribution in [0.5, 0.6) is 11.5 Å². The maximum absolute atomic E-state index is 12.7. The van der Waals surface area contributed by atoms with Crippen molar-refractivity contribution in [2.24, 2.45) is 0 Å². The number of hydrogen-bond acceptors (Lipinski definition) is 6. The minimum atomic E-state index is -0.970. The fraction of sp³-hybridized carbons (Fsp3) is 0.318. The number of aliphatic hydroxyl groups is 1. The summed E-state index contributed by atoms with van der Waals surface area (Å²) in [6.45, 7) is -0.251. The number of nitrogens with zero attached hydrogens (tertiary/aromatic N) is 1. The first-order valence-corrected chi connectivity index (χ1v) is 9.74. The van der Waals surface area contributed by atoms with Crippen molar-refractivity contribution in [1.82, 2.24) is 15.5 Å². The third-order valence-electron chi connectivity index (χ3n) is 5.00. The van der Waals surface area contributed by atoms with Crippen LogP contribution in [0.3, 0.4) is 0 Å². The Balaban J connectivity index is 1.63. The van der Waals surface area contributed by atoms with Crippen LogP contribution in [0.1, 0.15) is 23.6 Å². The molecule has 0 aromatic heterocycles. The number of methoxy groups -OCH3 is 2. The molecule has 1 saturated heterocycles. The number of aliphatic hydroxyl groups excluding tert-OH is 1. The molecule has 1 fully saturated rings. The molecule has 1 aliphatic rings. The maximum atomic E-state index is 12.7. The third-order valence-corrected chi connectivity index (χ3v) is 5.00. The molecule has 2 aromatic rings. The summed E-state index contributed by atoms with van der Waals surface area (Å²) in [4.78, 5) is 38.5. The Bertz CT molecular complexity index is 950. The van der Waals surface area contributed by atoms with Gasteiger partial charge in [-0.1, -0.05) is 36.4 Å². The predicted molar refractivity (Wildman–Crippen MR) is 111 cm³/mol. The van der Waals surface area contributed by atoms with Crippen molar-refractivity contribution in [2.75, 3.05) is 20.8 Å². The molecule has 2 atom stereocenters. The molecule has 0 radical (unpaired) electrons. The Kier molecular flexibility index (Phi) is 7.09. The summed E-state index contributed by atoms with van der Waals surface area (Å²) in [6.07, 6.45) is -0.226. The summed E-state index contributed by atoms with van der Waals surface area (Å²) in [5.74, 6) is 0.0819. The van der Waals surface area contributed by atoms with Crippen LogP contribution in [0.25, 0.3) is 0 Å². The molecule has 1 heterocycles. The van der Waals surface area contributed by atoms with E-state index in [9.17, 15) is 19.5 Å². The molecule has 0 spiro atoms. The van der Waals surface area contributed by atoms with E-state index in [0.717, 1.165) is 10.5 Å². The smallest absolute Gasteiger partial charge is 0.325 e. The molecule has 3 N–H and O–H groups in total. The van der Waals surface area contributed by atoms with Gasteiger partial charge in [-0.15, -0.1) is 0 Å². The summed E-state index contributed by atoms with van der Waals surface area (Å²) in [5, 5.41) is 14.8. The van der Waals surface area contributed by atoms with Crippen LogP contribution in [-0.4, -0.2) is 54.7 Å². The van der Waals surface area contributed by atoms with E-state index in [1.54, 1.807) is 42.5 Å². The number of amides is 4. The lowest BCUT2D eigenvalue weighted by molar-refractivity contribution is -0.131. The summed E-state index contributed by atoms with van der Waals surface area (Å²) in [5.41, 5.74) is 1.42. The molecule has 3 rings (SSSR count). The van der Waals surface area contributed by atoms with Crippen molar-refractivity contribution in [3.63, 3.8) is 0 Å². The number of hydrogen-bond donors (Lipinski definition) is 3. The van der Waals surface area contributed by atoms with Gasteiger partial charge in [-0.3, -0.25) is 14.5 Å². The van der Waals surface area contributed by atoms with Gasteiger partial charge >= 0.3 is 6.03 Å². The second-order valence-corrected chi connectivity index (χ2v) is 7.03. The second kappa shape index (κ2) is 9.94. The summed E-state index contributed by atoms with van der Waals surface area (Å²) in [6, 6.07) is 12.0. The first-order chi connectivity index (χ1) is 15.0. The molecule has 0 saturated carbocycles. The number of nitrogens with one attached hydrogen (secondary N) is 2. The topological polar surface area (TPSA) is 117 Å². The van der Waals surface area contributed by atoms with Gasteiger partial charge in [0.1, 0.15) is 6.04 Å². The van der Waals surface area contributed by atoms with E-state index in [2.05, 4.69) is 10.6 Å². The number of urea groups is 1. The molecule has 164 valence electrons. The Morgan fingerprint density at radius 2 is 1.84 bits per heavy atom. The standard InChI is InChI=1S/C22H25N3O6/c1-30-18-9-8-14(10-19(18)31-2)12-25-21(28)16(24-22(25)29)11-20(27)23-17(13-26)15-6-4-3-5-7-15/h3-10,16-17,26H,11-13H2,1-2H3,(H,23,27)(H,24,29)/t16?,17-/m1/s1. The molecule has 0 aliphatic carbocycles. The fourth-order valence-corrected chi connectivity index (χ4v) is 3.38. The van der Waals surface area contributed by atoms with Gasteiger partial charge in [-0.25, -0.2) is 4.79 Å². The molecule has 31 heavy (non-hydrogen) atoms. The molecule has 1 unspecified atom stereocenters. The van der Waals surface area contributed by atoms with E-state index >= 15 is 0 Å². The van der Waals surface area contributed by atoms with Crippen LogP contribution in [0.4, 0.5) is 4.79 Å².